The Morgan fingerprint density at radius 2 is 1.85 bits per heavy atom. The largest absolute Gasteiger partial charge is 0.391 e. The van der Waals surface area contributed by atoms with Crippen LogP contribution >= 0.6 is 0 Å². The average molecular weight is 358 g/mol. The molecule has 0 aliphatic heterocycles. The molecule has 0 unspecified atom stereocenters. The van der Waals surface area contributed by atoms with Crippen LogP contribution in [0.2, 0.25) is 0 Å². The number of oxime groups is 1. The summed E-state index contributed by atoms with van der Waals surface area (Å²) in [5.41, 5.74) is 5.54. The first-order chi connectivity index (χ1) is 13.0. The molecule has 0 heterocycles. The number of nitriles is 1. The van der Waals surface area contributed by atoms with Gasteiger partial charge >= 0.3 is 0 Å². The Kier molecular flexibility index (Phi) is 4.30. The van der Waals surface area contributed by atoms with Crippen LogP contribution in [0.4, 0.5) is 0 Å². The second-order valence-corrected chi connectivity index (χ2v) is 8.66. The molecule has 0 N–H and O–H groups in total. The third kappa shape index (κ3) is 2.84. The Morgan fingerprint density at radius 1 is 1.11 bits per heavy atom. The van der Waals surface area contributed by atoms with Gasteiger partial charge in [0.1, 0.15) is 6.61 Å². The minimum atomic E-state index is 0.183. The van der Waals surface area contributed by atoms with Crippen molar-refractivity contribution >= 4 is 5.71 Å². The highest BCUT2D eigenvalue weighted by atomic mass is 16.6. The van der Waals surface area contributed by atoms with Gasteiger partial charge in [-0.25, -0.2) is 0 Å². The Labute approximate surface area is 161 Å². The van der Waals surface area contributed by atoms with Crippen LogP contribution in [0, 0.1) is 28.1 Å². The summed E-state index contributed by atoms with van der Waals surface area (Å²) in [4.78, 5) is 5.74. The lowest BCUT2D eigenvalue weighted by atomic mass is 9.70. The summed E-state index contributed by atoms with van der Waals surface area (Å²) in [6.45, 7) is 7.59. The van der Waals surface area contributed by atoms with Crippen molar-refractivity contribution < 1.29 is 4.84 Å². The van der Waals surface area contributed by atoms with Gasteiger partial charge in [-0.1, -0.05) is 68.4 Å². The molecule has 0 radical (unpaired) electrons. The van der Waals surface area contributed by atoms with Crippen LogP contribution in [0.1, 0.15) is 51.2 Å². The van der Waals surface area contributed by atoms with E-state index in [1.165, 1.54) is 18.6 Å². The molecule has 3 heteroatoms. The molecule has 2 bridgehead atoms. The van der Waals surface area contributed by atoms with E-state index in [0.29, 0.717) is 17.6 Å². The fourth-order valence-electron chi connectivity index (χ4n) is 4.86. The van der Waals surface area contributed by atoms with Crippen molar-refractivity contribution in [3.8, 4) is 17.2 Å². The summed E-state index contributed by atoms with van der Waals surface area (Å²) < 4.78 is 0. The molecular weight excluding hydrogens is 332 g/mol. The van der Waals surface area contributed by atoms with Crippen LogP contribution in [0.3, 0.4) is 0 Å². The molecule has 27 heavy (non-hydrogen) atoms. The molecule has 2 aliphatic rings. The van der Waals surface area contributed by atoms with Gasteiger partial charge in [0.05, 0.1) is 17.3 Å². The molecule has 4 rings (SSSR count). The van der Waals surface area contributed by atoms with E-state index in [0.717, 1.165) is 29.0 Å². The Morgan fingerprint density at radius 3 is 2.48 bits per heavy atom. The molecule has 2 saturated carbocycles. The van der Waals surface area contributed by atoms with Crippen molar-refractivity contribution in [3.63, 3.8) is 0 Å². The van der Waals surface area contributed by atoms with Crippen molar-refractivity contribution in [2.75, 3.05) is 0 Å². The maximum Gasteiger partial charge on any atom is 0.142 e. The SMILES string of the molecule is CC1(C)[C@@H]2CC[C@@]1(C)/C(=N/OCc1ccc(-c3ccccc3C#N)cc1)C2. The number of benzene rings is 2. The number of hydrogen-bond acceptors (Lipinski definition) is 3. The third-order valence-corrected chi connectivity index (χ3v) is 7.23. The van der Waals surface area contributed by atoms with Crippen LogP contribution in [0.15, 0.2) is 53.7 Å². The first-order valence-corrected chi connectivity index (χ1v) is 9.73. The molecule has 2 aromatic carbocycles. The topological polar surface area (TPSA) is 45.4 Å². The van der Waals surface area contributed by atoms with E-state index in [2.05, 4.69) is 44.1 Å². The molecule has 2 atom stereocenters. The minimum Gasteiger partial charge on any atom is -0.391 e. The van der Waals surface area contributed by atoms with Crippen molar-refractivity contribution in [3.05, 3.63) is 59.7 Å². The van der Waals surface area contributed by atoms with Crippen molar-refractivity contribution in [2.45, 2.75) is 46.6 Å². The van der Waals surface area contributed by atoms with E-state index < -0.39 is 0 Å². The van der Waals surface area contributed by atoms with Crippen LogP contribution < -0.4 is 0 Å². The third-order valence-electron chi connectivity index (χ3n) is 7.23. The number of rotatable bonds is 4. The molecule has 0 saturated heterocycles. The Balaban J connectivity index is 1.44. The summed E-state index contributed by atoms with van der Waals surface area (Å²) in [5.74, 6) is 0.740. The number of nitrogens with zero attached hydrogens (tertiary/aromatic N) is 2. The first-order valence-electron chi connectivity index (χ1n) is 9.73. The molecule has 0 amide bonds. The molecule has 138 valence electrons. The van der Waals surface area contributed by atoms with Gasteiger partial charge in [0.15, 0.2) is 0 Å². The average Bonchev–Trinajstić information content (AvgIpc) is 3.02. The maximum atomic E-state index is 9.27. The second kappa shape index (κ2) is 6.53. The van der Waals surface area contributed by atoms with Gasteiger partial charge in [0.25, 0.3) is 0 Å². The lowest BCUT2D eigenvalue weighted by molar-refractivity contribution is 0.123. The Bertz CT molecular complexity index is 920. The monoisotopic (exact) mass is 358 g/mol. The van der Waals surface area contributed by atoms with Crippen molar-refractivity contribution in [1.82, 2.24) is 0 Å². The van der Waals surface area contributed by atoms with Gasteiger partial charge in [0.2, 0.25) is 0 Å². The highest BCUT2D eigenvalue weighted by Crippen LogP contribution is 2.64. The lowest BCUT2D eigenvalue weighted by Crippen LogP contribution is -2.32. The van der Waals surface area contributed by atoms with E-state index >= 15 is 0 Å². The van der Waals surface area contributed by atoms with E-state index in [9.17, 15) is 5.26 Å². The van der Waals surface area contributed by atoms with Gasteiger partial charge in [-0.2, -0.15) is 5.26 Å². The summed E-state index contributed by atoms with van der Waals surface area (Å²) in [5, 5.41) is 13.8. The van der Waals surface area contributed by atoms with E-state index in [-0.39, 0.29) is 5.41 Å². The zero-order valence-electron chi connectivity index (χ0n) is 16.3. The predicted molar refractivity (Wildman–Crippen MR) is 108 cm³/mol. The lowest BCUT2D eigenvalue weighted by Gasteiger charge is -2.34. The maximum absolute atomic E-state index is 9.27. The highest BCUT2D eigenvalue weighted by molar-refractivity contribution is 5.93. The summed E-state index contributed by atoms with van der Waals surface area (Å²) in [6, 6.07) is 18.1. The molecule has 0 aromatic heterocycles. The fourth-order valence-corrected chi connectivity index (χ4v) is 4.86. The fraction of sp³-hybridized carbons (Fsp3) is 0.417. The van der Waals surface area contributed by atoms with Crippen LogP contribution in [0.5, 0.6) is 0 Å². The quantitative estimate of drug-likeness (QED) is 0.635. The molecule has 2 aromatic rings. The van der Waals surface area contributed by atoms with Crippen LogP contribution in [-0.2, 0) is 11.4 Å². The summed E-state index contributed by atoms with van der Waals surface area (Å²) in [7, 11) is 0. The van der Waals surface area contributed by atoms with Crippen LogP contribution in [-0.4, -0.2) is 5.71 Å². The standard InChI is InChI=1S/C24H26N2O/c1-23(2)20-12-13-24(23,3)22(14-20)26-27-16-17-8-10-18(11-9-17)21-7-5-4-6-19(21)15-25/h4-11,20H,12-14,16H2,1-3H3/b26-22+/t20-,24+/m1/s1. The van der Waals surface area contributed by atoms with Crippen molar-refractivity contribution in [1.29, 1.82) is 5.26 Å². The number of fused-ring (bicyclic) bond motifs is 2. The van der Waals surface area contributed by atoms with Gasteiger partial charge < -0.3 is 4.84 Å². The normalized spacial score (nSPS) is 26.9. The van der Waals surface area contributed by atoms with Crippen LogP contribution in [0.25, 0.3) is 11.1 Å². The highest BCUT2D eigenvalue weighted by Gasteiger charge is 2.60. The molecule has 3 nitrogen and oxygen atoms in total. The van der Waals surface area contributed by atoms with E-state index in [1.54, 1.807) is 0 Å². The minimum absolute atomic E-state index is 0.183. The molecule has 2 fully saturated rings. The predicted octanol–water partition coefficient (Wildman–Crippen LogP) is 5.94. The van der Waals surface area contributed by atoms with Gasteiger partial charge in [-0.15, -0.1) is 0 Å². The van der Waals surface area contributed by atoms with Gasteiger partial charge in [-0.05, 0) is 53.4 Å². The van der Waals surface area contributed by atoms with E-state index in [1.807, 2.05) is 36.4 Å². The number of hydrogen-bond donors (Lipinski definition) is 0. The Hall–Kier alpha value is -2.60. The summed E-state index contributed by atoms with van der Waals surface area (Å²) >= 11 is 0. The molecular formula is C24H26N2O. The zero-order valence-corrected chi connectivity index (χ0v) is 16.3. The molecule has 2 aliphatic carbocycles. The van der Waals surface area contributed by atoms with Gasteiger partial charge in [-0.3, -0.25) is 0 Å². The summed E-state index contributed by atoms with van der Waals surface area (Å²) in [6.07, 6.45) is 3.61. The smallest absolute Gasteiger partial charge is 0.142 e. The van der Waals surface area contributed by atoms with E-state index in [4.69, 9.17) is 4.84 Å². The van der Waals surface area contributed by atoms with Crippen molar-refractivity contribution in [2.24, 2.45) is 21.9 Å². The second-order valence-electron chi connectivity index (χ2n) is 8.66. The molecule has 0 spiro atoms. The van der Waals surface area contributed by atoms with Gasteiger partial charge in [0, 0.05) is 5.41 Å². The first kappa shape index (κ1) is 17.8. The zero-order chi connectivity index (χ0) is 19.1.